The van der Waals surface area contributed by atoms with E-state index in [0.29, 0.717) is 12.1 Å². The minimum Gasteiger partial charge on any atom is -0.375 e. The first-order valence-corrected chi connectivity index (χ1v) is 8.50. The minimum absolute atomic E-state index is 0.0650. The molecule has 1 N–H and O–H groups in total. The van der Waals surface area contributed by atoms with Gasteiger partial charge in [-0.2, -0.15) is 0 Å². The van der Waals surface area contributed by atoms with E-state index in [-0.39, 0.29) is 30.6 Å². The molecule has 26 heavy (non-hydrogen) atoms. The first-order chi connectivity index (χ1) is 12.6. The van der Waals surface area contributed by atoms with Crippen LogP contribution in [0.25, 0.3) is 0 Å². The highest BCUT2D eigenvalue weighted by Gasteiger charge is 2.35. The average molecular weight is 356 g/mol. The third kappa shape index (κ3) is 4.08. The van der Waals surface area contributed by atoms with Crippen LogP contribution in [0.4, 0.5) is 10.1 Å². The molecule has 1 aliphatic heterocycles. The van der Waals surface area contributed by atoms with E-state index >= 15 is 0 Å². The molecule has 2 amide bonds. The summed E-state index contributed by atoms with van der Waals surface area (Å²) in [5.74, 6) is -1.02. The van der Waals surface area contributed by atoms with Crippen molar-refractivity contribution >= 4 is 17.5 Å². The summed E-state index contributed by atoms with van der Waals surface area (Å²) >= 11 is 0. The number of amides is 2. The minimum atomic E-state index is -0.447. The van der Waals surface area contributed by atoms with Crippen LogP contribution in [0.2, 0.25) is 0 Å². The summed E-state index contributed by atoms with van der Waals surface area (Å²) in [6.45, 7) is 0.571. The number of rotatable bonds is 6. The predicted octanol–water partition coefficient (Wildman–Crippen LogP) is 2.68. The SMILES string of the molecule is COC(CNC(=O)C1CC(=O)N(c2ccccc2)C1)c1cccc(F)c1. The molecule has 2 aromatic rings. The highest BCUT2D eigenvalue weighted by Crippen LogP contribution is 2.25. The molecule has 0 saturated carbocycles. The molecule has 1 saturated heterocycles. The van der Waals surface area contributed by atoms with Crippen molar-refractivity contribution in [2.24, 2.45) is 5.92 Å². The van der Waals surface area contributed by atoms with Gasteiger partial charge in [-0.25, -0.2) is 4.39 Å². The number of ether oxygens (including phenoxy) is 1. The van der Waals surface area contributed by atoms with Crippen molar-refractivity contribution in [3.8, 4) is 0 Å². The van der Waals surface area contributed by atoms with Gasteiger partial charge in [0.2, 0.25) is 11.8 Å². The molecular formula is C20H21FN2O3. The van der Waals surface area contributed by atoms with Crippen LogP contribution in [0.3, 0.4) is 0 Å². The average Bonchev–Trinajstić information content (AvgIpc) is 3.05. The molecule has 0 spiro atoms. The van der Waals surface area contributed by atoms with Crippen molar-refractivity contribution in [1.29, 1.82) is 0 Å². The third-order valence-corrected chi connectivity index (χ3v) is 4.53. The van der Waals surface area contributed by atoms with E-state index in [2.05, 4.69) is 5.32 Å². The Hall–Kier alpha value is -2.73. The number of hydrogen-bond donors (Lipinski definition) is 1. The molecule has 0 aliphatic carbocycles. The van der Waals surface area contributed by atoms with Crippen molar-refractivity contribution < 1.29 is 18.7 Å². The number of carbonyl (C=O) groups excluding carboxylic acids is 2. The van der Waals surface area contributed by atoms with Crippen LogP contribution in [-0.4, -0.2) is 32.0 Å². The van der Waals surface area contributed by atoms with Crippen LogP contribution < -0.4 is 10.2 Å². The van der Waals surface area contributed by atoms with Crippen LogP contribution in [0, 0.1) is 11.7 Å². The third-order valence-electron chi connectivity index (χ3n) is 4.53. The number of para-hydroxylation sites is 1. The van der Waals surface area contributed by atoms with E-state index in [4.69, 9.17) is 4.74 Å². The van der Waals surface area contributed by atoms with Gasteiger partial charge in [0.1, 0.15) is 5.82 Å². The standard InChI is InChI=1S/C20H21FN2O3/c1-26-18(14-6-5-7-16(21)10-14)12-22-20(25)15-11-19(24)23(13-15)17-8-3-2-4-9-17/h2-10,15,18H,11-13H2,1H3,(H,22,25). The van der Waals surface area contributed by atoms with Crippen molar-refractivity contribution in [3.05, 3.63) is 66.0 Å². The van der Waals surface area contributed by atoms with E-state index in [9.17, 15) is 14.0 Å². The van der Waals surface area contributed by atoms with Gasteiger partial charge in [0.05, 0.1) is 12.0 Å². The smallest absolute Gasteiger partial charge is 0.227 e. The van der Waals surface area contributed by atoms with Crippen molar-refractivity contribution in [1.82, 2.24) is 5.32 Å². The second-order valence-electron chi connectivity index (χ2n) is 6.27. The Morgan fingerprint density at radius 1 is 1.27 bits per heavy atom. The summed E-state index contributed by atoms with van der Waals surface area (Å²) in [5, 5.41) is 2.82. The molecule has 2 unspecified atom stereocenters. The number of nitrogens with one attached hydrogen (secondary N) is 1. The number of methoxy groups -OCH3 is 1. The summed E-state index contributed by atoms with van der Waals surface area (Å²) in [6, 6.07) is 15.4. The van der Waals surface area contributed by atoms with Crippen LogP contribution in [-0.2, 0) is 14.3 Å². The highest BCUT2D eigenvalue weighted by atomic mass is 19.1. The van der Waals surface area contributed by atoms with Gasteiger partial charge < -0.3 is 15.0 Å². The molecule has 1 fully saturated rings. The van der Waals surface area contributed by atoms with Gasteiger partial charge in [-0.1, -0.05) is 30.3 Å². The summed E-state index contributed by atoms with van der Waals surface area (Å²) in [7, 11) is 1.51. The van der Waals surface area contributed by atoms with Gasteiger partial charge >= 0.3 is 0 Å². The zero-order valence-corrected chi connectivity index (χ0v) is 14.5. The van der Waals surface area contributed by atoms with E-state index in [1.165, 1.54) is 19.2 Å². The summed E-state index contributed by atoms with van der Waals surface area (Å²) < 4.78 is 18.7. The number of carbonyl (C=O) groups is 2. The van der Waals surface area contributed by atoms with E-state index in [0.717, 1.165) is 5.69 Å². The van der Waals surface area contributed by atoms with Gasteiger partial charge in [0.15, 0.2) is 0 Å². The topological polar surface area (TPSA) is 58.6 Å². The van der Waals surface area contributed by atoms with Crippen LogP contribution in [0.1, 0.15) is 18.1 Å². The van der Waals surface area contributed by atoms with Gasteiger partial charge in [0, 0.05) is 32.3 Å². The van der Waals surface area contributed by atoms with Gasteiger partial charge in [0.25, 0.3) is 0 Å². The van der Waals surface area contributed by atoms with Crippen molar-refractivity contribution in [2.75, 3.05) is 25.1 Å². The Kier molecular flexibility index (Phi) is 5.63. The first kappa shape index (κ1) is 18.1. The number of anilines is 1. The lowest BCUT2D eigenvalue weighted by molar-refractivity contribution is -0.126. The molecule has 3 rings (SSSR count). The molecule has 1 heterocycles. The monoisotopic (exact) mass is 356 g/mol. The van der Waals surface area contributed by atoms with E-state index < -0.39 is 12.0 Å². The van der Waals surface area contributed by atoms with Gasteiger partial charge in [-0.15, -0.1) is 0 Å². The Balaban J connectivity index is 1.59. The molecule has 0 aromatic heterocycles. The number of hydrogen-bond acceptors (Lipinski definition) is 3. The Labute approximate surface area is 151 Å². The fourth-order valence-corrected chi connectivity index (χ4v) is 3.12. The molecule has 6 heteroatoms. The number of nitrogens with zero attached hydrogens (tertiary/aromatic N) is 1. The maximum atomic E-state index is 13.4. The largest absolute Gasteiger partial charge is 0.375 e. The van der Waals surface area contributed by atoms with Crippen molar-refractivity contribution in [2.45, 2.75) is 12.5 Å². The normalized spacial score (nSPS) is 18.0. The maximum absolute atomic E-state index is 13.4. The Bertz CT molecular complexity index is 782. The molecule has 136 valence electrons. The summed E-state index contributed by atoms with van der Waals surface area (Å²) in [5.41, 5.74) is 1.45. The predicted molar refractivity (Wildman–Crippen MR) is 96.1 cm³/mol. The van der Waals surface area contributed by atoms with Crippen LogP contribution in [0.5, 0.6) is 0 Å². The van der Waals surface area contributed by atoms with Gasteiger partial charge in [-0.3, -0.25) is 9.59 Å². The Morgan fingerprint density at radius 2 is 2.04 bits per heavy atom. The second kappa shape index (κ2) is 8.10. The Morgan fingerprint density at radius 3 is 2.73 bits per heavy atom. The fourth-order valence-electron chi connectivity index (χ4n) is 3.12. The molecule has 2 aromatic carbocycles. The van der Waals surface area contributed by atoms with Crippen LogP contribution >= 0.6 is 0 Å². The highest BCUT2D eigenvalue weighted by molar-refractivity contribution is 6.00. The number of benzene rings is 2. The second-order valence-corrected chi connectivity index (χ2v) is 6.27. The maximum Gasteiger partial charge on any atom is 0.227 e. The molecule has 0 bridgehead atoms. The van der Waals surface area contributed by atoms with Gasteiger partial charge in [-0.05, 0) is 29.8 Å². The molecule has 5 nitrogen and oxygen atoms in total. The summed E-state index contributed by atoms with van der Waals surface area (Å²) in [6.07, 6.45) is -0.268. The van der Waals surface area contributed by atoms with Crippen LogP contribution in [0.15, 0.2) is 54.6 Å². The lowest BCUT2D eigenvalue weighted by Gasteiger charge is -2.19. The molecule has 1 aliphatic rings. The van der Waals surface area contributed by atoms with E-state index in [1.807, 2.05) is 30.3 Å². The van der Waals surface area contributed by atoms with Crippen molar-refractivity contribution in [3.63, 3.8) is 0 Å². The molecule has 2 atom stereocenters. The first-order valence-electron chi connectivity index (χ1n) is 8.50. The zero-order chi connectivity index (χ0) is 18.5. The van der Waals surface area contributed by atoms with E-state index in [1.54, 1.807) is 17.0 Å². The quantitative estimate of drug-likeness (QED) is 0.866. The summed E-state index contributed by atoms with van der Waals surface area (Å²) in [4.78, 5) is 26.3. The zero-order valence-electron chi connectivity index (χ0n) is 14.5. The molecular weight excluding hydrogens is 335 g/mol. The number of halogens is 1. The fraction of sp³-hybridized carbons (Fsp3) is 0.300. The molecule has 0 radical (unpaired) electrons. The lowest BCUT2D eigenvalue weighted by atomic mass is 10.1. The lowest BCUT2D eigenvalue weighted by Crippen LogP contribution is -2.35.